The molecule has 0 aromatic heterocycles. The Hall–Kier alpha value is -3.85. The van der Waals surface area contributed by atoms with E-state index in [0.29, 0.717) is 10.8 Å². The standard InChI is InChI=1S/C27H20Cl2N2O5S/c1-36-18-11-13-19(14-12-18)37(34,35)31-25-9-5-3-7-21(25)27(33)30-24-15-10-17(28)16-22(24)26(32)20-6-2-4-8-23(20)29/h2-16,31H,1H3,(H,30,33). The van der Waals surface area contributed by atoms with Crippen LogP contribution in [0.2, 0.25) is 10.0 Å². The summed E-state index contributed by atoms with van der Waals surface area (Å²) in [6.45, 7) is 0. The van der Waals surface area contributed by atoms with Crippen LogP contribution in [-0.4, -0.2) is 27.2 Å². The topological polar surface area (TPSA) is 102 Å². The van der Waals surface area contributed by atoms with Gasteiger partial charge in [-0.15, -0.1) is 0 Å². The Balaban J connectivity index is 1.64. The van der Waals surface area contributed by atoms with Gasteiger partial charge in [-0.3, -0.25) is 14.3 Å². The zero-order valence-electron chi connectivity index (χ0n) is 19.4. The predicted octanol–water partition coefficient (Wildman–Crippen LogP) is 6.29. The minimum absolute atomic E-state index is 0.00571. The first-order valence-corrected chi connectivity index (χ1v) is 13.1. The van der Waals surface area contributed by atoms with Crippen molar-refractivity contribution in [2.75, 3.05) is 17.1 Å². The molecule has 0 aliphatic carbocycles. The number of methoxy groups -OCH3 is 1. The van der Waals surface area contributed by atoms with E-state index in [1.54, 1.807) is 36.4 Å². The summed E-state index contributed by atoms with van der Waals surface area (Å²) in [6.07, 6.45) is 0. The van der Waals surface area contributed by atoms with Gasteiger partial charge in [0.15, 0.2) is 5.78 Å². The number of carbonyl (C=O) groups excluding carboxylic acids is 2. The number of anilines is 2. The number of hydrogen-bond donors (Lipinski definition) is 2. The van der Waals surface area contributed by atoms with E-state index in [2.05, 4.69) is 10.0 Å². The molecule has 0 unspecified atom stereocenters. The van der Waals surface area contributed by atoms with E-state index >= 15 is 0 Å². The second kappa shape index (κ2) is 11.0. The average Bonchev–Trinajstić information content (AvgIpc) is 2.89. The first-order chi connectivity index (χ1) is 17.7. The van der Waals surface area contributed by atoms with E-state index in [-0.39, 0.29) is 38.0 Å². The summed E-state index contributed by atoms with van der Waals surface area (Å²) in [6, 6.07) is 22.9. The van der Waals surface area contributed by atoms with Crippen LogP contribution in [0.5, 0.6) is 5.75 Å². The van der Waals surface area contributed by atoms with Crippen LogP contribution in [-0.2, 0) is 10.0 Å². The third-order valence-corrected chi connectivity index (χ3v) is 7.32. The number of rotatable bonds is 8. The third kappa shape index (κ3) is 5.94. The molecule has 4 aromatic rings. The van der Waals surface area contributed by atoms with Gasteiger partial charge in [-0.05, 0) is 66.7 Å². The summed E-state index contributed by atoms with van der Waals surface area (Å²) in [5.74, 6) is -0.565. The highest BCUT2D eigenvalue weighted by molar-refractivity contribution is 7.92. The predicted molar refractivity (Wildman–Crippen MR) is 145 cm³/mol. The number of para-hydroxylation sites is 1. The number of hydrogen-bond acceptors (Lipinski definition) is 5. The molecule has 0 atom stereocenters. The molecule has 10 heteroatoms. The molecule has 4 rings (SSSR count). The minimum atomic E-state index is -4.01. The number of halogens is 2. The van der Waals surface area contributed by atoms with Crippen molar-refractivity contribution in [3.05, 3.63) is 118 Å². The molecule has 37 heavy (non-hydrogen) atoms. The van der Waals surface area contributed by atoms with Crippen molar-refractivity contribution >= 4 is 56.3 Å². The number of ketones is 1. The van der Waals surface area contributed by atoms with Gasteiger partial charge in [0.1, 0.15) is 5.75 Å². The molecule has 0 heterocycles. The fourth-order valence-electron chi connectivity index (χ4n) is 3.52. The number of sulfonamides is 1. The molecule has 0 aliphatic rings. The van der Waals surface area contributed by atoms with E-state index in [0.717, 1.165) is 0 Å². The maximum absolute atomic E-state index is 13.3. The van der Waals surface area contributed by atoms with Gasteiger partial charge in [0, 0.05) is 16.1 Å². The molecule has 0 spiro atoms. The lowest BCUT2D eigenvalue weighted by Gasteiger charge is -2.15. The third-order valence-electron chi connectivity index (χ3n) is 5.38. The Morgan fingerprint density at radius 1 is 0.757 bits per heavy atom. The molecule has 2 N–H and O–H groups in total. The molecule has 0 aliphatic heterocycles. The molecule has 0 saturated carbocycles. The average molecular weight is 555 g/mol. The van der Waals surface area contributed by atoms with E-state index in [4.69, 9.17) is 27.9 Å². The Kier molecular flexibility index (Phi) is 7.83. The van der Waals surface area contributed by atoms with Crippen LogP contribution in [0.3, 0.4) is 0 Å². The Bertz CT molecular complexity index is 1590. The lowest BCUT2D eigenvalue weighted by molar-refractivity contribution is 0.102. The smallest absolute Gasteiger partial charge is 0.261 e. The van der Waals surface area contributed by atoms with Crippen molar-refractivity contribution in [1.29, 1.82) is 0 Å². The highest BCUT2D eigenvalue weighted by atomic mass is 35.5. The van der Waals surface area contributed by atoms with Gasteiger partial charge in [-0.1, -0.05) is 47.5 Å². The molecule has 0 radical (unpaired) electrons. The van der Waals surface area contributed by atoms with Crippen molar-refractivity contribution < 1.29 is 22.7 Å². The normalized spacial score (nSPS) is 11.0. The molecule has 0 bridgehead atoms. The molecule has 0 fully saturated rings. The molecule has 4 aromatic carbocycles. The summed E-state index contributed by atoms with van der Waals surface area (Å²) in [7, 11) is -2.53. The van der Waals surface area contributed by atoms with Crippen LogP contribution in [0.1, 0.15) is 26.3 Å². The maximum atomic E-state index is 13.3. The monoisotopic (exact) mass is 554 g/mol. The Morgan fingerprint density at radius 3 is 2.08 bits per heavy atom. The number of amides is 1. The SMILES string of the molecule is COc1ccc(S(=O)(=O)Nc2ccccc2C(=O)Nc2ccc(Cl)cc2C(=O)c2ccccc2Cl)cc1. The van der Waals surface area contributed by atoms with Gasteiger partial charge in [-0.25, -0.2) is 8.42 Å². The van der Waals surface area contributed by atoms with Crippen molar-refractivity contribution in [2.24, 2.45) is 0 Å². The van der Waals surface area contributed by atoms with Crippen molar-refractivity contribution in [1.82, 2.24) is 0 Å². The van der Waals surface area contributed by atoms with Crippen LogP contribution in [0.4, 0.5) is 11.4 Å². The van der Waals surface area contributed by atoms with E-state index in [9.17, 15) is 18.0 Å². The molecule has 188 valence electrons. The maximum Gasteiger partial charge on any atom is 0.261 e. The number of nitrogens with one attached hydrogen (secondary N) is 2. The Labute approximate surface area is 224 Å². The van der Waals surface area contributed by atoms with E-state index in [1.165, 1.54) is 61.7 Å². The summed E-state index contributed by atoms with van der Waals surface area (Å²) >= 11 is 12.3. The van der Waals surface area contributed by atoms with Crippen LogP contribution in [0, 0.1) is 0 Å². The van der Waals surface area contributed by atoms with Gasteiger partial charge in [0.25, 0.3) is 15.9 Å². The largest absolute Gasteiger partial charge is 0.497 e. The van der Waals surface area contributed by atoms with Crippen LogP contribution < -0.4 is 14.8 Å². The molecule has 0 saturated heterocycles. The lowest BCUT2D eigenvalue weighted by atomic mass is 10.0. The van der Waals surface area contributed by atoms with E-state index in [1.807, 2.05) is 0 Å². The lowest BCUT2D eigenvalue weighted by Crippen LogP contribution is -2.19. The van der Waals surface area contributed by atoms with Crippen molar-refractivity contribution in [2.45, 2.75) is 4.90 Å². The summed E-state index contributed by atoms with van der Waals surface area (Å²) in [4.78, 5) is 26.5. The first-order valence-electron chi connectivity index (χ1n) is 10.9. The zero-order chi connectivity index (χ0) is 26.6. The number of benzene rings is 4. The van der Waals surface area contributed by atoms with Gasteiger partial charge in [0.2, 0.25) is 0 Å². The van der Waals surface area contributed by atoms with Gasteiger partial charge in [0.05, 0.1) is 34.0 Å². The zero-order valence-corrected chi connectivity index (χ0v) is 21.7. The Morgan fingerprint density at radius 2 is 1.41 bits per heavy atom. The molecular formula is C27H20Cl2N2O5S. The van der Waals surface area contributed by atoms with Crippen molar-refractivity contribution in [3.63, 3.8) is 0 Å². The molecular weight excluding hydrogens is 535 g/mol. The van der Waals surface area contributed by atoms with Crippen LogP contribution in [0.25, 0.3) is 0 Å². The quantitative estimate of drug-likeness (QED) is 0.249. The highest BCUT2D eigenvalue weighted by Crippen LogP contribution is 2.28. The van der Waals surface area contributed by atoms with E-state index < -0.39 is 21.7 Å². The summed E-state index contributed by atoms with van der Waals surface area (Å²) < 4.78 is 33.4. The summed E-state index contributed by atoms with van der Waals surface area (Å²) in [5, 5.41) is 3.24. The number of ether oxygens (including phenoxy) is 1. The second-order valence-electron chi connectivity index (χ2n) is 7.78. The van der Waals surface area contributed by atoms with Crippen LogP contribution >= 0.6 is 23.2 Å². The molecule has 7 nitrogen and oxygen atoms in total. The molecule has 1 amide bonds. The minimum Gasteiger partial charge on any atom is -0.497 e. The van der Waals surface area contributed by atoms with Gasteiger partial charge in [-0.2, -0.15) is 0 Å². The fourth-order valence-corrected chi connectivity index (χ4v) is 5.00. The fraction of sp³-hybridized carbons (Fsp3) is 0.0370. The van der Waals surface area contributed by atoms with Gasteiger partial charge >= 0.3 is 0 Å². The second-order valence-corrected chi connectivity index (χ2v) is 10.3. The van der Waals surface area contributed by atoms with Crippen molar-refractivity contribution in [3.8, 4) is 5.75 Å². The first kappa shape index (κ1) is 26.2. The van der Waals surface area contributed by atoms with Gasteiger partial charge < -0.3 is 10.1 Å². The number of carbonyl (C=O) groups is 2. The van der Waals surface area contributed by atoms with Crippen LogP contribution in [0.15, 0.2) is 95.9 Å². The summed E-state index contributed by atoms with van der Waals surface area (Å²) in [5.41, 5.74) is 0.668. The highest BCUT2D eigenvalue weighted by Gasteiger charge is 2.22.